The second-order valence-electron chi connectivity index (χ2n) is 2.37. The molecule has 0 aromatic rings. The minimum absolute atomic E-state index is 0.750. The zero-order chi connectivity index (χ0) is 7.68. The molecule has 3 nitrogen and oxygen atoms in total. The van der Waals surface area contributed by atoms with Gasteiger partial charge in [0.1, 0.15) is 5.82 Å². The van der Waals surface area contributed by atoms with Crippen LogP contribution in [0.1, 0.15) is 0 Å². The molecule has 0 radical (unpaired) electrons. The molecule has 56 valence electrons. The lowest BCUT2D eigenvalue weighted by atomic mass is 10.4. The molecule has 0 amide bonds. The first kappa shape index (κ1) is 6.09. The molecule has 3 N–H and O–H groups in total. The molecule has 11 heavy (non-hydrogen) atoms. The first-order valence-electron chi connectivity index (χ1n) is 3.44. The zero-order valence-corrected chi connectivity index (χ0v) is 5.99. The van der Waals surface area contributed by atoms with Gasteiger partial charge in [0.05, 0.1) is 5.70 Å². The maximum absolute atomic E-state index is 5.73. The highest BCUT2D eigenvalue weighted by Crippen LogP contribution is 2.14. The Balaban J connectivity index is 2.43. The van der Waals surface area contributed by atoms with Gasteiger partial charge in [0.15, 0.2) is 0 Å². The smallest absolute Gasteiger partial charge is 0.137 e. The summed E-state index contributed by atoms with van der Waals surface area (Å²) in [6, 6.07) is 0. The van der Waals surface area contributed by atoms with Crippen molar-refractivity contribution in [2.75, 3.05) is 0 Å². The molecule has 0 saturated heterocycles. The van der Waals surface area contributed by atoms with E-state index < -0.39 is 0 Å². The normalized spacial score (nSPS) is 20.2. The summed E-state index contributed by atoms with van der Waals surface area (Å²) in [4.78, 5) is 1.94. The van der Waals surface area contributed by atoms with E-state index in [9.17, 15) is 0 Å². The van der Waals surface area contributed by atoms with E-state index >= 15 is 0 Å². The Labute approximate surface area is 65.2 Å². The predicted octanol–water partition coefficient (Wildman–Crippen LogP) is 0.574. The number of rotatable bonds is 0. The van der Waals surface area contributed by atoms with Crippen LogP contribution in [0.4, 0.5) is 0 Å². The molecule has 0 bridgehead atoms. The van der Waals surface area contributed by atoms with Gasteiger partial charge in [-0.1, -0.05) is 6.08 Å². The highest BCUT2D eigenvalue weighted by molar-refractivity contribution is 5.32. The van der Waals surface area contributed by atoms with Crippen molar-refractivity contribution >= 4 is 0 Å². The van der Waals surface area contributed by atoms with Crippen LogP contribution in [0.3, 0.4) is 0 Å². The lowest BCUT2D eigenvalue weighted by Gasteiger charge is -2.12. The number of nitrogens with zero attached hydrogens (tertiary/aromatic N) is 1. The lowest BCUT2D eigenvalue weighted by Crippen LogP contribution is -2.17. The molecule has 0 aromatic heterocycles. The van der Waals surface area contributed by atoms with Gasteiger partial charge >= 0.3 is 0 Å². The summed E-state index contributed by atoms with van der Waals surface area (Å²) in [7, 11) is 0. The van der Waals surface area contributed by atoms with E-state index in [1.807, 2.05) is 41.7 Å². The summed E-state index contributed by atoms with van der Waals surface area (Å²) in [6.07, 6.45) is 11.4. The van der Waals surface area contributed by atoms with E-state index in [1.54, 1.807) is 0 Å². The van der Waals surface area contributed by atoms with Crippen molar-refractivity contribution in [1.29, 1.82) is 0 Å². The summed E-state index contributed by atoms with van der Waals surface area (Å²) >= 11 is 0. The van der Waals surface area contributed by atoms with Crippen LogP contribution in [0.15, 0.2) is 48.3 Å². The molecular weight excluding hydrogens is 138 g/mol. The quantitative estimate of drug-likeness (QED) is 0.526. The van der Waals surface area contributed by atoms with E-state index in [0.717, 1.165) is 11.5 Å². The molecule has 0 unspecified atom stereocenters. The van der Waals surface area contributed by atoms with Gasteiger partial charge in [-0.05, 0) is 12.2 Å². The van der Waals surface area contributed by atoms with E-state index in [4.69, 9.17) is 5.73 Å². The maximum Gasteiger partial charge on any atom is 0.137 e. The van der Waals surface area contributed by atoms with Crippen molar-refractivity contribution in [1.82, 2.24) is 10.2 Å². The minimum Gasteiger partial charge on any atom is -0.396 e. The SMILES string of the molecule is NC1=C2NC=CN2C=CC=C1. The molecule has 2 aliphatic rings. The fraction of sp³-hybridized carbons (Fsp3) is 0. The average Bonchev–Trinajstić information content (AvgIpc) is 2.40. The monoisotopic (exact) mass is 147 g/mol. The predicted molar refractivity (Wildman–Crippen MR) is 43.6 cm³/mol. The maximum atomic E-state index is 5.73. The fourth-order valence-electron chi connectivity index (χ4n) is 1.08. The van der Waals surface area contributed by atoms with Crippen LogP contribution in [0.25, 0.3) is 0 Å². The van der Waals surface area contributed by atoms with Gasteiger partial charge in [-0.25, -0.2) is 0 Å². The highest BCUT2D eigenvalue weighted by Gasteiger charge is 2.11. The molecule has 2 heterocycles. The minimum atomic E-state index is 0.750. The average molecular weight is 147 g/mol. The second-order valence-corrected chi connectivity index (χ2v) is 2.37. The van der Waals surface area contributed by atoms with Crippen molar-refractivity contribution in [2.24, 2.45) is 5.73 Å². The molecule has 0 atom stereocenters. The van der Waals surface area contributed by atoms with Crippen LogP contribution >= 0.6 is 0 Å². The number of hydrogen-bond donors (Lipinski definition) is 2. The highest BCUT2D eigenvalue weighted by atomic mass is 15.3. The number of nitrogens with two attached hydrogens (primary N) is 1. The number of fused-ring (bicyclic) bond motifs is 1. The van der Waals surface area contributed by atoms with Gasteiger partial charge in [0.2, 0.25) is 0 Å². The number of nitrogens with one attached hydrogen (secondary N) is 1. The van der Waals surface area contributed by atoms with Crippen LogP contribution in [-0.4, -0.2) is 4.90 Å². The Morgan fingerprint density at radius 3 is 3.09 bits per heavy atom. The molecule has 2 aliphatic heterocycles. The van der Waals surface area contributed by atoms with Gasteiger partial charge in [-0.3, -0.25) is 0 Å². The second kappa shape index (κ2) is 2.20. The fourth-order valence-corrected chi connectivity index (χ4v) is 1.08. The number of allylic oxidation sites excluding steroid dienone is 3. The third-order valence-electron chi connectivity index (χ3n) is 1.62. The van der Waals surface area contributed by atoms with E-state index in [-0.39, 0.29) is 0 Å². The van der Waals surface area contributed by atoms with Gasteiger partial charge in [0, 0.05) is 18.6 Å². The Morgan fingerprint density at radius 1 is 1.27 bits per heavy atom. The largest absolute Gasteiger partial charge is 0.396 e. The summed E-state index contributed by atoms with van der Waals surface area (Å²) in [5, 5.41) is 3.05. The molecular formula is C8H9N3. The Hall–Kier alpha value is -1.64. The van der Waals surface area contributed by atoms with Crippen molar-refractivity contribution in [3.63, 3.8) is 0 Å². The lowest BCUT2D eigenvalue weighted by molar-refractivity contribution is 0.620. The standard InChI is InChI=1S/C8H9N3/c9-7-3-1-2-5-11-6-4-10-8(7)11/h1-6,10H,9H2. The molecule has 0 saturated carbocycles. The Bertz CT molecular complexity index is 284. The summed E-state index contributed by atoms with van der Waals surface area (Å²) < 4.78 is 0. The van der Waals surface area contributed by atoms with Gasteiger partial charge in [0.25, 0.3) is 0 Å². The first-order chi connectivity index (χ1) is 5.38. The number of hydrogen-bond acceptors (Lipinski definition) is 3. The van der Waals surface area contributed by atoms with Crippen LogP contribution in [-0.2, 0) is 0 Å². The zero-order valence-electron chi connectivity index (χ0n) is 5.99. The summed E-state index contributed by atoms with van der Waals surface area (Å²) in [5.41, 5.74) is 6.48. The van der Waals surface area contributed by atoms with Crippen LogP contribution in [0.2, 0.25) is 0 Å². The first-order valence-corrected chi connectivity index (χ1v) is 3.44. The van der Waals surface area contributed by atoms with Gasteiger partial charge in [-0.15, -0.1) is 0 Å². The molecule has 2 rings (SSSR count). The molecule has 3 heteroatoms. The van der Waals surface area contributed by atoms with Gasteiger partial charge in [-0.2, -0.15) is 0 Å². The van der Waals surface area contributed by atoms with E-state index in [2.05, 4.69) is 5.32 Å². The van der Waals surface area contributed by atoms with Crippen molar-refractivity contribution < 1.29 is 0 Å². The molecule has 0 spiro atoms. The Kier molecular flexibility index (Phi) is 1.22. The van der Waals surface area contributed by atoms with Crippen LogP contribution in [0, 0.1) is 0 Å². The van der Waals surface area contributed by atoms with E-state index in [0.29, 0.717) is 0 Å². The molecule has 0 aliphatic carbocycles. The summed E-state index contributed by atoms with van der Waals surface area (Å²) in [5.74, 6) is 0.926. The Morgan fingerprint density at radius 2 is 2.18 bits per heavy atom. The third-order valence-corrected chi connectivity index (χ3v) is 1.62. The molecule has 0 aromatic carbocycles. The van der Waals surface area contributed by atoms with Crippen molar-refractivity contribution in [3.05, 3.63) is 48.3 Å². The molecule has 0 fully saturated rings. The van der Waals surface area contributed by atoms with Crippen LogP contribution < -0.4 is 11.1 Å². The van der Waals surface area contributed by atoms with Crippen molar-refractivity contribution in [3.8, 4) is 0 Å². The van der Waals surface area contributed by atoms with Gasteiger partial charge < -0.3 is 16.0 Å². The van der Waals surface area contributed by atoms with Crippen LogP contribution in [0.5, 0.6) is 0 Å². The topological polar surface area (TPSA) is 41.3 Å². The summed E-state index contributed by atoms with van der Waals surface area (Å²) in [6.45, 7) is 0. The van der Waals surface area contributed by atoms with Crippen molar-refractivity contribution in [2.45, 2.75) is 0 Å². The van der Waals surface area contributed by atoms with E-state index in [1.165, 1.54) is 0 Å². The third kappa shape index (κ3) is 0.902.